The predicted molar refractivity (Wildman–Crippen MR) is 101 cm³/mol. The lowest BCUT2D eigenvalue weighted by Crippen LogP contribution is -2.33. The van der Waals surface area contributed by atoms with Crippen LogP contribution in [0.25, 0.3) is 0 Å². The minimum atomic E-state index is -3.03. The molecule has 0 aromatic carbocycles. The highest BCUT2D eigenvalue weighted by atomic mass is 32.2. The van der Waals surface area contributed by atoms with E-state index in [1.807, 2.05) is 13.0 Å². The van der Waals surface area contributed by atoms with Crippen molar-refractivity contribution in [2.45, 2.75) is 56.9 Å². The Kier molecular flexibility index (Phi) is 4.71. The summed E-state index contributed by atoms with van der Waals surface area (Å²) in [4.78, 5) is 12.0. The van der Waals surface area contributed by atoms with E-state index in [4.69, 9.17) is 0 Å². The molecule has 144 valence electrons. The van der Waals surface area contributed by atoms with Gasteiger partial charge in [0.25, 0.3) is 5.56 Å². The molecule has 1 aliphatic heterocycles. The summed E-state index contributed by atoms with van der Waals surface area (Å²) < 4.78 is 25.3. The topological polar surface area (TPSA) is 107 Å². The van der Waals surface area contributed by atoms with Crippen LogP contribution in [-0.2, 0) is 22.0 Å². The summed E-state index contributed by atoms with van der Waals surface area (Å²) in [5.41, 5.74) is 2.32. The van der Waals surface area contributed by atoms with Gasteiger partial charge in [0.1, 0.15) is 5.82 Å². The number of hydrogen-bond donors (Lipinski definition) is 1. The van der Waals surface area contributed by atoms with Gasteiger partial charge in [-0.2, -0.15) is 10.2 Å². The predicted octanol–water partition coefficient (Wildman–Crippen LogP) is 1.41. The molecule has 1 saturated carbocycles. The van der Waals surface area contributed by atoms with E-state index in [1.54, 1.807) is 16.8 Å². The number of aryl methyl sites for hydroxylation is 2. The molecule has 2 aliphatic rings. The zero-order valence-electron chi connectivity index (χ0n) is 15.3. The van der Waals surface area contributed by atoms with E-state index in [2.05, 4.69) is 20.6 Å². The molecule has 8 nitrogen and oxygen atoms in total. The van der Waals surface area contributed by atoms with E-state index in [0.29, 0.717) is 12.2 Å². The van der Waals surface area contributed by atoms with Crippen LogP contribution >= 0.6 is 0 Å². The Morgan fingerprint density at radius 3 is 2.70 bits per heavy atom. The smallest absolute Gasteiger partial charge is 0.267 e. The van der Waals surface area contributed by atoms with Crippen molar-refractivity contribution >= 4 is 15.7 Å². The molecule has 1 N–H and O–H groups in total. The lowest BCUT2D eigenvalue weighted by molar-refractivity contribution is 0.302. The molecule has 0 spiro atoms. The van der Waals surface area contributed by atoms with Gasteiger partial charge >= 0.3 is 0 Å². The third-order valence-electron chi connectivity index (χ3n) is 5.34. The molecule has 1 fully saturated rings. The van der Waals surface area contributed by atoms with Crippen LogP contribution in [0.3, 0.4) is 0 Å². The maximum atomic E-state index is 12.0. The average Bonchev–Trinajstić information content (AvgIpc) is 2.63. The van der Waals surface area contributed by atoms with Gasteiger partial charge in [-0.1, -0.05) is 0 Å². The first-order chi connectivity index (χ1) is 12.9. The average molecular weight is 389 g/mol. The quantitative estimate of drug-likeness (QED) is 0.846. The molecule has 9 heteroatoms. The number of nitrogens with one attached hydrogen (secondary N) is 1. The highest BCUT2D eigenvalue weighted by molar-refractivity contribution is 7.90. The van der Waals surface area contributed by atoms with Gasteiger partial charge in [0, 0.05) is 18.5 Å². The zero-order valence-corrected chi connectivity index (χ0v) is 16.1. The highest BCUT2D eigenvalue weighted by Crippen LogP contribution is 2.29. The molecule has 0 unspecified atom stereocenters. The standard InChI is InChI=1S/C18H23N5O3S/c1-12-2-7-18(24)23(22-12)15-5-3-14(4-6-15)19-17-10-13-11-27(25,26)9-8-16(13)20-21-17/h2,7,10,14-15H,3-6,8-9,11H2,1H3,(H,19,21). The van der Waals surface area contributed by atoms with Gasteiger partial charge < -0.3 is 5.32 Å². The summed E-state index contributed by atoms with van der Waals surface area (Å²) >= 11 is 0. The molecule has 0 bridgehead atoms. The van der Waals surface area contributed by atoms with Gasteiger partial charge in [0.15, 0.2) is 9.84 Å². The monoisotopic (exact) mass is 389 g/mol. The molecule has 0 atom stereocenters. The van der Waals surface area contributed by atoms with Crippen molar-refractivity contribution in [1.82, 2.24) is 20.0 Å². The van der Waals surface area contributed by atoms with Crippen LogP contribution in [0, 0.1) is 6.92 Å². The first kappa shape index (κ1) is 18.1. The van der Waals surface area contributed by atoms with E-state index in [9.17, 15) is 13.2 Å². The number of fused-ring (bicyclic) bond motifs is 1. The van der Waals surface area contributed by atoms with Crippen LogP contribution in [0.1, 0.15) is 48.7 Å². The van der Waals surface area contributed by atoms with Gasteiger partial charge in [0.2, 0.25) is 0 Å². The summed E-state index contributed by atoms with van der Waals surface area (Å²) in [6.45, 7) is 1.89. The van der Waals surface area contributed by atoms with Crippen molar-refractivity contribution < 1.29 is 8.42 Å². The second-order valence-electron chi connectivity index (χ2n) is 7.45. The van der Waals surface area contributed by atoms with E-state index in [0.717, 1.165) is 42.6 Å². The van der Waals surface area contributed by atoms with Crippen LogP contribution < -0.4 is 10.9 Å². The molecule has 0 amide bonds. The number of nitrogens with zero attached hydrogens (tertiary/aromatic N) is 4. The first-order valence-corrected chi connectivity index (χ1v) is 11.1. The molecule has 2 aromatic rings. The van der Waals surface area contributed by atoms with Crippen molar-refractivity contribution in [3.05, 3.63) is 45.5 Å². The van der Waals surface area contributed by atoms with Crippen molar-refractivity contribution in [3.8, 4) is 0 Å². The van der Waals surface area contributed by atoms with Crippen LogP contribution in [0.5, 0.6) is 0 Å². The van der Waals surface area contributed by atoms with Crippen LogP contribution in [0.2, 0.25) is 0 Å². The Balaban J connectivity index is 1.41. The first-order valence-electron chi connectivity index (χ1n) is 9.28. The van der Waals surface area contributed by atoms with Gasteiger partial charge in [0.05, 0.1) is 28.9 Å². The largest absolute Gasteiger partial charge is 0.366 e. The minimum absolute atomic E-state index is 0.0429. The maximum absolute atomic E-state index is 12.0. The van der Waals surface area contributed by atoms with E-state index < -0.39 is 9.84 Å². The summed E-state index contributed by atoms with van der Waals surface area (Å²) in [5, 5.41) is 16.2. The van der Waals surface area contributed by atoms with Gasteiger partial charge in [-0.25, -0.2) is 13.1 Å². The van der Waals surface area contributed by atoms with E-state index in [1.165, 1.54) is 0 Å². The normalized spacial score (nSPS) is 24.2. The van der Waals surface area contributed by atoms with Crippen molar-refractivity contribution in [1.29, 1.82) is 0 Å². The van der Waals surface area contributed by atoms with Gasteiger partial charge in [-0.05, 0) is 50.3 Å². The zero-order chi connectivity index (χ0) is 19.0. The second kappa shape index (κ2) is 7.03. The minimum Gasteiger partial charge on any atom is -0.366 e. The third-order valence-corrected chi connectivity index (χ3v) is 6.92. The fourth-order valence-corrected chi connectivity index (χ4v) is 5.25. The number of anilines is 1. The summed E-state index contributed by atoms with van der Waals surface area (Å²) in [6.07, 6.45) is 3.95. The summed E-state index contributed by atoms with van der Waals surface area (Å²) in [7, 11) is -3.03. The Bertz CT molecular complexity index is 1010. The fraction of sp³-hybridized carbons (Fsp3) is 0.556. The van der Waals surface area contributed by atoms with E-state index >= 15 is 0 Å². The molecule has 3 heterocycles. The molecule has 0 radical (unpaired) electrons. The van der Waals surface area contributed by atoms with Crippen LogP contribution in [0.15, 0.2) is 23.0 Å². The fourth-order valence-electron chi connectivity index (χ4n) is 3.88. The molecule has 1 aliphatic carbocycles. The Morgan fingerprint density at radius 2 is 1.93 bits per heavy atom. The van der Waals surface area contributed by atoms with Gasteiger partial charge in [-0.3, -0.25) is 4.79 Å². The summed E-state index contributed by atoms with van der Waals surface area (Å²) in [5.74, 6) is 0.819. The number of rotatable bonds is 3. The lowest BCUT2D eigenvalue weighted by atomic mass is 9.91. The van der Waals surface area contributed by atoms with Crippen LogP contribution in [-0.4, -0.2) is 40.2 Å². The molecule has 0 saturated heterocycles. The molecule has 4 rings (SSSR count). The number of sulfone groups is 1. The second-order valence-corrected chi connectivity index (χ2v) is 9.63. The molecular formula is C18H23N5O3S. The Labute approximate surface area is 157 Å². The van der Waals surface area contributed by atoms with Crippen molar-refractivity contribution in [2.24, 2.45) is 0 Å². The SMILES string of the molecule is Cc1ccc(=O)n(C2CCC(Nc3cc4c(nn3)CCS(=O)(=O)C4)CC2)n1. The lowest BCUT2D eigenvalue weighted by Gasteiger charge is -2.30. The molecular weight excluding hydrogens is 366 g/mol. The van der Waals surface area contributed by atoms with Gasteiger partial charge in [-0.15, -0.1) is 5.10 Å². The Hall–Kier alpha value is -2.29. The number of hydrogen-bond acceptors (Lipinski definition) is 7. The maximum Gasteiger partial charge on any atom is 0.267 e. The van der Waals surface area contributed by atoms with E-state index in [-0.39, 0.29) is 29.1 Å². The molecule has 2 aromatic heterocycles. The Morgan fingerprint density at radius 1 is 1.15 bits per heavy atom. The summed E-state index contributed by atoms with van der Waals surface area (Å²) in [6, 6.07) is 5.48. The number of aromatic nitrogens is 4. The van der Waals surface area contributed by atoms with Crippen LogP contribution in [0.4, 0.5) is 5.82 Å². The highest BCUT2D eigenvalue weighted by Gasteiger charge is 2.26. The molecule has 27 heavy (non-hydrogen) atoms. The van der Waals surface area contributed by atoms with Crippen molar-refractivity contribution in [2.75, 3.05) is 11.1 Å². The van der Waals surface area contributed by atoms with Crippen molar-refractivity contribution in [3.63, 3.8) is 0 Å². The third kappa shape index (κ3) is 4.02.